The van der Waals surface area contributed by atoms with E-state index in [2.05, 4.69) is 5.16 Å². The molecule has 2 rings (SSSR count). The quantitative estimate of drug-likeness (QED) is 0.504. The predicted molar refractivity (Wildman–Crippen MR) is 74.1 cm³/mol. The Balaban J connectivity index is 1.87. The van der Waals surface area contributed by atoms with E-state index in [0.717, 1.165) is 30.8 Å². The summed E-state index contributed by atoms with van der Waals surface area (Å²) in [7, 11) is 0. The van der Waals surface area contributed by atoms with Crippen LogP contribution in [0.2, 0.25) is 0 Å². The van der Waals surface area contributed by atoms with E-state index >= 15 is 0 Å². The molecule has 0 aromatic heterocycles. The van der Waals surface area contributed by atoms with Crippen molar-refractivity contribution in [2.75, 3.05) is 13.2 Å². The smallest absolute Gasteiger partial charge is 0.119 e. The zero-order valence-electron chi connectivity index (χ0n) is 11.3. The summed E-state index contributed by atoms with van der Waals surface area (Å²) in [5.41, 5.74) is 1.61. The average Bonchev–Trinajstić information content (AvgIpc) is 2.49. The molecule has 104 valence electrons. The molecule has 4 heteroatoms. The summed E-state index contributed by atoms with van der Waals surface area (Å²) in [6.45, 7) is 3.41. The van der Waals surface area contributed by atoms with Gasteiger partial charge in [0.15, 0.2) is 0 Å². The van der Waals surface area contributed by atoms with Gasteiger partial charge >= 0.3 is 0 Å². The van der Waals surface area contributed by atoms with Gasteiger partial charge in [-0.25, -0.2) is 0 Å². The molecule has 0 spiro atoms. The van der Waals surface area contributed by atoms with Gasteiger partial charge in [0.2, 0.25) is 0 Å². The molecule has 0 aliphatic carbocycles. The topological polar surface area (TPSA) is 51.1 Å². The monoisotopic (exact) mass is 263 g/mol. The van der Waals surface area contributed by atoms with Crippen molar-refractivity contribution in [3.05, 3.63) is 29.8 Å². The Kier molecular flexibility index (Phi) is 5.21. The molecule has 1 heterocycles. The van der Waals surface area contributed by atoms with E-state index in [9.17, 15) is 0 Å². The summed E-state index contributed by atoms with van der Waals surface area (Å²) in [4.78, 5) is 0. The Morgan fingerprint density at radius 2 is 2.16 bits per heavy atom. The van der Waals surface area contributed by atoms with Gasteiger partial charge in [-0.05, 0) is 55.5 Å². The summed E-state index contributed by atoms with van der Waals surface area (Å²) in [6, 6.07) is 7.63. The van der Waals surface area contributed by atoms with Crippen molar-refractivity contribution in [1.29, 1.82) is 0 Å². The molecular formula is C15H21NO3. The maximum Gasteiger partial charge on any atom is 0.119 e. The minimum absolute atomic E-state index is 0.221. The lowest BCUT2D eigenvalue weighted by Crippen LogP contribution is -2.25. The Bertz CT molecular complexity index is 408. The third kappa shape index (κ3) is 3.96. The van der Waals surface area contributed by atoms with Crippen LogP contribution in [0.5, 0.6) is 5.75 Å². The average molecular weight is 263 g/mol. The van der Waals surface area contributed by atoms with Crippen molar-refractivity contribution in [3.63, 3.8) is 0 Å². The molecule has 1 aliphatic heterocycles. The molecule has 1 unspecified atom stereocenters. The van der Waals surface area contributed by atoms with Gasteiger partial charge in [0.05, 0.1) is 11.8 Å². The van der Waals surface area contributed by atoms with E-state index in [-0.39, 0.29) is 6.10 Å². The van der Waals surface area contributed by atoms with Crippen LogP contribution in [0.3, 0.4) is 0 Å². The summed E-state index contributed by atoms with van der Waals surface area (Å²) >= 11 is 0. The van der Waals surface area contributed by atoms with Crippen LogP contribution >= 0.6 is 0 Å². The Morgan fingerprint density at radius 1 is 1.37 bits per heavy atom. The van der Waals surface area contributed by atoms with Crippen molar-refractivity contribution in [2.45, 2.75) is 38.7 Å². The number of nitrogens with zero attached hydrogens (tertiary/aromatic N) is 1. The molecule has 1 atom stereocenters. The van der Waals surface area contributed by atoms with Gasteiger partial charge in [0.1, 0.15) is 12.4 Å². The van der Waals surface area contributed by atoms with Crippen LogP contribution in [0.15, 0.2) is 29.4 Å². The zero-order chi connectivity index (χ0) is 13.5. The minimum Gasteiger partial charge on any atom is -0.491 e. The van der Waals surface area contributed by atoms with Crippen LogP contribution in [0.4, 0.5) is 0 Å². The minimum atomic E-state index is 0.221. The Labute approximate surface area is 114 Å². The van der Waals surface area contributed by atoms with Gasteiger partial charge in [-0.15, -0.1) is 0 Å². The first kappa shape index (κ1) is 13.9. The fourth-order valence-corrected chi connectivity index (χ4v) is 2.20. The van der Waals surface area contributed by atoms with Gasteiger partial charge in [-0.2, -0.15) is 0 Å². The highest BCUT2D eigenvalue weighted by Crippen LogP contribution is 2.17. The first-order chi connectivity index (χ1) is 9.33. The van der Waals surface area contributed by atoms with Crippen molar-refractivity contribution < 1.29 is 14.7 Å². The molecule has 0 radical (unpaired) electrons. The van der Waals surface area contributed by atoms with Crippen LogP contribution in [0, 0.1) is 0 Å². The second-order valence-electron chi connectivity index (χ2n) is 4.72. The molecule has 4 nitrogen and oxygen atoms in total. The van der Waals surface area contributed by atoms with Gasteiger partial charge in [0.25, 0.3) is 0 Å². The molecule has 0 bridgehead atoms. The largest absolute Gasteiger partial charge is 0.491 e. The summed E-state index contributed by atoms with van der Waals surface area (Å²) in [5, 5.41) is 12.1. The number of hydrogen-bond donors (Lipinski definition) is 1. The van der Waals surface area contributed by atoms with Crippen LogP contribution in [0.25, 0.3) is 0 Å². The lowest BCUT2D eigenvalue weighted by molar-refractivity contribution is -0.0110. The maximum atomic E-state index is 8.86. The fourth-order valence-electron chi connectivity index (χ4n) is 2.20. The Hall–Kier alpha value is -1.55. The molecule has 1 N–H and O–H groups in total. The summed E-state index contributed by atoms with van der Waals surface area (Å²) in [5.74, 6) is 0.825. The van der Waals surface area contributed by atoms with Crippen LogP contribution in [-0.4, -0.2) is 30.2 Å². The van der Waals surface area contributed by atoms with E-state index in [4.69, 9.17) is 14.7 Å². The lowest BCUT2D eigenvalue weighted by Gasteiger charge is -2.22. The number of oxime groups is 1. The van der Waals surface area contributed by atoms with Crippen LogP contribution < -0.4 is 4.74 Å². The molecular weight excluding hydrogens is 242 g/mol. The molecule has 1 aromatic rings. The predicted octanol–water partition coefficient (Wildman–Crippen LogP) is 3.22. The van der Waals surface area contributed by atoms with Crippen molar-refractivity contribution in [3.8, 4) is 5.75 Å². The SMILES string of the molecule is CC/C(=N\O)c1ccc(OCC2CCCCO2)cc1. The second-order valence-corrected chi connectivity index (χ2v) is 4.72. The van der Waals surface area contributed by atoms with Crippen molar-refractivity contribution >= 4 is 5.71 Å². The third-order valence-corrected chi connectivity index (χ3v) is 3.35. The summed E-state index contributed by atoms with van der Waals surface area (Å²) in [6.07, 6.45) is 4.38. The van der Waals surface area contributed by atoms with Crippen LogP contribution in [0.1, 0.15) is 38.2 Å². The highest BCUT2D eigenvalue weighted by Gasteiger charge is 2.14. The first-order valence-corrected chi connectivity index (χ1v) is 6.89. The number of ether oxygens (including phenoxy) is 2. The first-order valence-electron chi connectivity index (χ1n) is 6.89. The normalized spacial score (nSPS) is 20.3. The molecule has 1 aliphatic rings. The maximum absolute atomic E-state index is 8.86. The second kappa shape index (κ2) is 7.14. The number of benzene rings is 1. The van der Waals surface area contributed by atoms with Crippen molar-refractivity contribution in [2.24, 2.45) is 5.16 Å². The van der Waals surface area contributed by atoms with Crippen molar-refractivity contribution in [1.82, 2.24) is 0 Å². The van der Waals surface area contributed by atoms with Gasteiger partial charge in [-0.1, -0.05) is 12.1 Å². The third-order valence-electron chi connectivity index (χ3n) is 3.35. The standard InChI is InChI=1S/C15H21NO3/c1-2-15(16-17)12-6-8-13(9-7-12)19-11-14-5-3-4-10-18-14/h6-9,14,17H,2-5,10-11H2,1H3/b16-15+. The zero-order valence-corrected chi connectivity index (χ0v) is 11.3. The van der Waals surface area contributed by atoms with Gasteiger partial charge in [-0.3, -0.25) is 0 Å². The van der Waals surface area contributed by atoms with E-state index in [0.29, 0.717) is 18.7 Å². The molecule has 19 heavy (non-hydrogen) atoms. The molecule has 1 fully saturated rings. The fraction of sp³-hybridized carbons (Fsp3) is 0.533. The highest BCUT2D eigenvalue weighted by molar-refractivity contribution is 6.00. The number of hydrogen-bond acceptors (Lipinski definition) is 4. The molecule has 1 saturated heterocycles. The van der Waals surface area contributed by atoms with Gasteiger partial charge in [0, 0.05) is 6.61 Å². The Morgan fingerprint density at radius 3 is 2.74 bits per heavy atom. The van der Waals surface area contributed by atoms with Crippen LogP contribution in [-0.2, 0) is 4.74 Å². The van der Waals surface area contributed by atoms with E-state index in [1.165, 1.54) is 6.42 Å². The molecule has 0 amide bonds. The van der Waals surface area contributed by atoms with Gasteiger partial charge < -0.3 is 14.7 Å². The van der Waals surface area contributed by atoms with E-state index < -0.39 is 0 Å². The number of rotatable bonds is 5. The lowest BCUT2D eigenvalue weighted by atomic mass is 10.1. The van der Waals surface area contributed by atoms with E-state index in [1.54, 1.807) is 0 Å². The summed E-state index contributed by atoms with van der Waals surface area (Å²) < 4.78 is 11.3. The highest BCUT2D eigenvalue weighted by atomic mass is 16.5. The molecule has 1 aromatic carbocycles. The molecule has 0 saturated carbocycles. The van der Waals surface area contributed by atoms with E-state index in [1.807, 2.05) is 31.2 Å².